The summed E-state index contributed by atoms with van der Waals surface area (Å²) in [6, 6.07) is 2.35. The van der Waals surface area contributed by atoms with Crippen LogP contribution in [0.3, 0.4) is 0 Å². The Hall–Kier alpha value is -2.27. The number of ether oxygens (including phenoxy) is 3. The highest BCUT2D eigenvalue weighted by Gasteiger charge is 2.56. The summed E-state index contributed by atoms with van der Waals surface area (Å²) in [4.78, 5) is 4.21. The summed E-state index contributed by atoms with van der Waals surface area (Å²) in [6.45, 7) is 1.92. The number of hydrogen-bond donors (Lipinski definition) is 0. The number of nitrogens with zero attached hydrogens (tertiary/aromatic N) is 2. The molecule has 2 saturated heterocycles. The molecular formula is C29H32F3N2O5-. The minimum atomic E-state index is -4.51. The van der Waals surface area contributed by atoms with Crippen LogP contribution in [0.4, 0.5) is 13.2 Å². The van der Waals surface area contributed by atoms with E-state index in [0.29, 0.717) is 93.2 Å². The third-order valence-electron chi connectivity index (χ3n) is 9.84. The zero-order valence-corrected chi connectivity index (χ0v) is 21.7. The third-order valence-corrected chi connectivity index (χ3v) is 9.84. The Balaban J connectivity index is 1.47. The van der Waals surface area contributed by atoms with Crippen molar-refractivity contribution in [1.29, 1.82) is 0 Å². The monoisotopic (exact) mass is 545 g/mol. The molecule has 0 aromatic carbocycles. The van der Waals surface area contributed by atoms with Gasteiger partial charge in [-0.1, -0.05) is 18.9 Å². The molecule has 2 aromatic heterocycles. The SMILES string of the molecule is [O-]C1CC2(CCC2)Cc2c1c1c(c(C3CCOCC3)[n+]2[O-])[C@@H](c2ccc(C(F)(F)F)cn2)OC12CCOCC2. The van der Waals surface area contributed by atoms with Gasteiger partial charge >= 0.3 is 6.18 Å². The van der Waals surface area contributed by atoms with Crippen LogP contribution in [0.25, 0.3) is 0 Å². The van der Waals surface area contributed by atoms with Crippen molar-refractivity contribution in [3.05, 3.63) is 62.9 Å². The summed E-state index contributed by atoms with van der Waals surface area (Å²) in [7, 11) is 0. The molecule has 2 aliphatic carbocycles. The zero-order valence-electron chi connectivity index (χ0n) is 21.7. The molecule has 0 amide bonds. The predicted octanol–water partition coefficient (Wildman–Crippen LogP) is 4.27. The summed E-state index contributed by atoms with van der Waals surface area (Å²) < 4.78 is 59.1. The first kappa shape index (κ1) is 25.7. The van der Waals surface area contributed by atoms with Crippen LogP contribution in [0.15, 0.2) is 18.3 Å². The van der Waals surface area contributed by atoms with Crippen molar-refractivity contribution < 1.29 is 37.2 Å². The van der Waals surface area contributed by atoms with Gasteiger partial charge in [-0.3, -0.25) is 4.98 Å². The smallest absolute Gasteiger partial charge is 0.417 e. The van der Waals surface area contributed by atoms with Gasteiger partial charge in [0, 0.05) is 68.9 Å². The highest BCUT2D eigenvalue weighted by Crippen LogP contribution is 2.59. The van der Waals surface area contributed by atoms with Crippen molar-refractivity contribution in [2.45, 2.75) is 87.7 Å². The Bertz CT molecular complexity index is 1270. The van der Waals surface area contributed by atoms with Crippen LogP contribution in [0.2, 0.25) is 0 Å². The molecule has 5 aliphatic rings. The van der Waals surface area contributed by atoms with Gasteiger partial charge in [-0.2, -0.15) is 17.9 Å². The Labute approximate surface area is 224 Å². The fourth-order valence-corrected chi connectivity index (χ4v) is 7.74. The summed E-state index contributed by atoms with van der Waals surface area (Å²) in [5.41, 5.74) is 1.70. The van der Waals surface area contributed by atoms with Gasteiger partial charge in [0.1, 0.15) is 6.10 Å². The summed E-state index contributed by atoms with van der Waals surface area (Å²) in [5.74, 6) is -0.102. The Morgan fingerprint density at radius 3 is 2.31 bits per heavy atom. The summed E-state index contributed by atoms with van der Waals surface area (Å²) in [6.07, 6.45) is 0.838. The van der Waals surface area contributed by atoms with Crippen molar-refractivity contribution in [3.8, 4) is 0 Å². The molecule has 2 spiro atoms. The lowest BCUT2D eigenvalue weighted by molar-refractivity contribution is -0.629. The molecule has 3 aliphatic heterocycles. The lowest BCUT2D eigenvalue weighted by Gasteiger charge is -2.50. The maximum atomic E-state index is 14.4. The van der Waals surface area contributed by atoms with Crippen molar-refractivity contribution >= 4 is 0 Å². The number of aromatic nitrogens is 2. The van der Waals surface area contributed by atoms with Crippen molar-refractivity contribution in [2.24, 2.45) is 5.41 Å². The van der Waals surface area contributed by atoms with Crippen LogP contribution < -0.4 is 9.84 Å². The summed E-state index contributed by atoms with van der Waals surface area (Å²) in [5, 5.41) is 28.4. The van der Waals surface area contributed by atoms with Gasteiger partial charge in [-0.15, -0.1) is 0 Å². The van der Waals surface area contributed by atoms with E-state index in [4.69, 9.17) is 14.2 Å². The molecule has 3 fully saturated rings. The number of pyridine rings is 2. The number of rotatable bonds is 2. The minimum Gasteiger partial charge on any atom is -0.848 e. The van der Waals surface area contributed by atoms with Crippen LogP contribution in [0, 0.1) is 10.6 Å². The largest absolute Gasteiger partial charge is 0.848 e. The average molecular weight is 546 g/mol. The standard InChI is InChI=1S/C29H32F3N2O5/c30-29(31,32)18-2-3-19(33-16-18)26-23-24(28(39-26)8-12-38-13-9-28)22-20(14-27(6-1-7-27)15-21(22)35)34(36)25(23)17-4-10-37-11-5-17/h2-3,16-17,21,26H,1,4-15H2/q-1/t21?,26-/m1/s1. The van der Waals surface area contributed by atoms with Crippen LogP contribution in [0.1, 0.15) is 109 Å². The minimum absolute atomic E-state index is 0.102. The van der Waals surface area contributed by atoms with Gasteiger partial charge in [0.25, 0.3) is 0 Å². The van der Waals surface area contributed by atoms with Gasteiger partial charge in [0.05, 0.1) is 22.4 Å². The van der Waals surface area contributed by atoms with Crippen LogP contribution >= 0.6 is 0 Å². The molecule has 0 radical (unpaired) electrons. The van der Waals surface area contributed by atoms with Gasteiger partial charge in [-0.25, -0.2) is 0 Å². The van der Waals surface area contributed by atoms with E-state index >= 15 is 0 Å². The second kappa shape index (κ2) is 9.12. The summed E-state index contributed by atoms with van der Waals surface area (Å²) >= 11 is 0. The first-order valence-corrected chi connectivity index (χ1v) is 14.1. The molecule has 2 atom stereocenters. The average Bonchev–Trinajstić information content (AvgIpc) is 3.22. The quantitative estimate of drug-likeness (QED) is 0.414. The van der Waals surface area contributed by atoms with Crippen molar-refractivity contribution in [3.63, 3.8) is 0 Å². The predicted molar refractivity (Wildman–Crippen MR) is 129 cm³/mol. The maximum absolute atomic E-state index is 14.4. The van der Waals surface area contributed by atoms with E-state index in [2.05, 4.69) is 4.98 Å². The zero-order chi connectivity index (χ0) is 27.0. The van der Waals surface area contributed by atoms with Crippen LogP contribution in [-0.4, -0.2) is 31.4 Å². The van der Waals surface area contributed by atoms with Crippen LogP contribution in [0.5, 0.6) is 0 Å². The molecule has 1 unspecified atom stereocenters. The lowest BCUT2D eigenvalue weighted by Crippen LogP contribution is -2.51. The number of fused-ring (bicyclic) bond motifs is 4. The van der Waals surface area contributed by atoms with E-state index in [1.54, 1.807) is 0 Å². The fourth-order valence-electron chi connectivity index (χ4n) is 7.74. The molecule has 210 valence electrons. The Morgan fingerprint density at radius 2 is 1.69 bits per heavy atom. The second-order valence-corrected chi connectivity index (χ2v) is 12.0. The maximum Gasteiger partial charge on any atom is 0.417 e. The molecule has 7 nitrogen and oxygen atoms in total. The van der Waals surface area contributed by atoms with Gasteiger partial charge in [0.2, 0.25) is 5.69 Å². The third kappa shape index (κ3) is 4.01. The molecule has 0 bridgehead atoms. The molecule has 39 heavy (non-hydrogen) atoms. The lowest BCUT2D eigenvalue weighted by atomic mass is 9.58. The van der Waals surface area contributed by atoms with E-state index < -0.39 is 29.5 Å². The Morgan fingerprint density at radius 1 is 0.974 bits per heavy atom. The second-order valence-electron chi connectivity index (χ2n) is 12.0. The van der Waals surface area contributed by atoms with E-state index in [1.165, 1.54) is 6.07 Å². The topological polar surface area (TPSA) is 90.6 Å². The van der Waals surface area contributed by atoms with Crippen molar-refractivity contribution in [2.75, 3.05) is 26.4 Å². The van der Waals surface area contributed by atoms with Gasteiger partial charge in [-0.05, 0) is 43.2 Å². The van der Waals surface area contributed by atoms with Gasteiger partial charge in [0.15, 0.2) is 5.69 Å². The molecule has 0 N–H and O–H groups in total. The molecular weight excluding hydrogens is 513 g/mol. The van der Waals surface area contributed by atoms with Crippen LogP contribution in [-0.2, 0) is 32.4 Å². The highest BCUT2D eigenvalue weighted by atomic mass is 19.4. The van der Waals surface area contributed by atoms with E-state index in [9.17, 15) is 23.5 Å². The highest BCUT2D eigenvalue weighted by molar-refractivity contribution is 5.52. The molecule has 2 aromatic rings. The van der Waals surface area contributed by atoms with Crippen molar-refractivity contribution in [1.82, 2.24) is 4.98 Å². The van der Waals surface area contributed by atoms with Gasteiger partial charge < -0.3 is 24.5 Å². The number of halogens is 3. The fraction of sp³-hybridized carbons (Fsp3) is 0.655. The first-order valence-electron chi connectivity index (χ1n) is 14.1. The van der Waals surface area contributed by atoms with E-state index in [-0.39, 0.29) is 11.3 Å². The first-order chi connectivity index (χ1) is 18.7. The molecule has 5 heterocycles. The molecule has 1 saturated carbocycles. The normalized spacial score (nSPS) is 27.8. The van der Waals surface area contributed by atoms with E-state index in [1.807, 2.05) is 0 Å². The molecule has 7 rings (SSSR count). The number of hydrogen-bond acceptors (Lipinski definition) is 6. The Kier molecular flexibility index (Phi) is 6.01. The van der Waals surface area contributed by atoms with E-state index in [0.717, 1.165) is 41.8 Å². The molecule has 10 heteroatoms. The number of alkyl halides is 3.